The zero-order valence-corrected chi connectivity index (χ0v) is 21.1. The van der Waals surface area contributed by atoms with Gasteiger partial charge in [-0.2, -0.15) is 0 Å². The number of carbonyl (C=O) groups excluding carboxylic acids is 3. The van der Waals surface area contributed by atoms with Gasteiger partial charge in [0.15, 0.2) is 0 Å². The van der Waals surface area contributed by atoms with Crippen LogP contribution in [0.25, 0.3) is 0 Å². The van der Waals surface area contributed by atoms with Gasteiger partial charge in [0.25, 0.3) is 0 Å². The zero-order valence-electron chi connectivity index (χ0n) is 21.1. The van der Waals surface area contributed by atoms with Crippen molar-refractivity contribution in [1.82, 2.24) is 15.5 Å². The molecule has 7 N–H and O–H groups in total. The highest BCUT2D eigenvalue weighted by atomic mass is 16.4. The van der Waals surface area contributed by atoms with Crippen molar-refractivity contribution in [1.29, 1.82) is 0 Å². The van der Waals surface area contributed by atoms with E-state index in [1.54, 1.807) is 12.1 Å². The average Bonchev–Trinajstić information content (AvgIpc) is 3.32. The number of phenolic OH excluding ortho intramolecular Hbond substituents is 1. The molecule has 0 aliphatic carbocycles. The second kappa shape index (κ2) is 13.6. The van der Waals surface area contributed by atoms with Gasteiger partial charge in [-0.15, -0.1) is 0 Å². The van der Waals surface area contributed by atoms with E-state index >= 15 is 0 Å². The van der Waals surface area contributed by atoms with Crippen molar-refractivity contribution in [3.8, 4) is 5.75 Å². The summed E-state index contributed by atoms with van der Waals surface area (Å²) in [5.41, 5.74) is 6.45. The first-order chi connectivity index (χ1) is 17.4. The lowest BCUT2D eigenvalue weighted by atomic mass is 10.0. The number of carboxylic acids is 2. The van der Waals surface area contributed by atoms with E-state index in [-0.39, 0.29) is 43.9 Å². The smallest absolute Gasteiger partial charge is 0.326 e. The highest BCUT2D eigenvalue weighted by Gasteiger charge is 2.39. The molecule has 1 saturated heterocycles. The number of aromatic hydroxyl groups is 1. The molecule has 0 aromatic heterocycles. The molecule has 4 unspecified atom stereocenters. The van der Waals surface area contributed by atoms with Crippen LogP contribution in [-0.2, 0) is 30.4 Å². The van der Waals surface area contributed by atoms with Crippen LogP contribution in [0.5, 0.6) is 5.75 Å². The van der Waals surface area contributed by atoms with Crippen LogP contribution in [0.3, 0.4) is 0 Å². The van der Waals surface area contributed by atoms with E-state index in [1.165, 1.54) is 17.0 Å². The van der Waals surface area contributed by atoms with E-state index in [0.29, 0.717) is 18.4 Å². The largest absolute Gasteiger partial charge is 0.508 e. The fourth-order valence-electron chi connectivity index (χ4n) is 4.22. The maximum atomic E-state index is 13.6. The third-order valence-corrected chi connectivity index (χ3v) is 6.16. The van der Waals surface area contributed by atoms with E-state index in [9.17, 15) is 34.2 Å². The summed E-state index contributed by atoms with van der Waals surface area (Å²) >= 11 is 0. The number of hydrogen-bond donors (Lipinski definition) is 6. The predicted octanol–water partition coefficient (Wildman–Crippen LogP) is 0.218. The van der Waals surface area contributed by atoms with Gasteiger partial charge in [0.05, 0.1) is 6.04 Å². The third kappa shape index (κ3) is 9.05. The first-order valence-corrected chi connectivity index (χ1v) is 12.3. The van der Waals surface area contributed by atoms with Crippen molar-refractivity contribution in [3.05, 3.63) is 29.8 Å². The maximum Gasteiger partial charge on any atom is 0.326 e. The Morgan fingerprint density at radius 3 is 2.27 bits per heavy atom. The zero-order chi connectivity index (χ0) is 27.7. The quantitative estimate of drug-likeness (QED) is 0.210. The van der Waals surface area contributed by atoms with Crippen molar-refractivity contribution in [2.45, 2.75) is 76.5 Å². The molecule has 0 bridgehead atoms. The molecule has 1 aromatic carbocycles. The number of amides is 3. The van der Waals surface area contributed by atoms with Crippen LogP contribution >= 0.6 is 0 Å². The summed E-state index contributed by atoms with van der Waals surface area (Å²) in [7, 11) is 0. The first-order valence-electron chi connectivity index (χ1n) is 12.3. The van der Waals surface area contributed by atoms with Crippen LogP contribution in [0.15, 0.2) is 24.3 Å². The molecule has 12 heteroatoms. The Labute approximate surface area is 215 Å². The molecule has 4 atom stereocenters. The number of carboxylic acid groups (broad SMARTS) is 2. The van der Waals surface area contributed by atoms with Crippen molar-refractivity contribution >= 4 is 29.7 Å². The molecule has 0 saturated carbocycles. The Morgan fingerprint density at radius 1 is 1.05 bits per heavy atom. The van der Waals surface area contributed by atoms with Crippen molar-refractivity contribution in [2.75, 3.05) is 6.54 Å². The van der Waals surface area contributed by atoms with Gasteiger partial charge in [-0.1, -0.05) is 26.0 Å². The standard InChI is InChI=1S/C25H36N4O8/c1-14(2)12-19(25(36)37)28-23(34)20-4-3-11-29(20)24(35)18(13-15-5-7-16(30)8-6-15)27-22(33)17(26)9-10-21(31)32/h5-8,14,17-20,30H,3-4,9-13,26H2,1-2H3,(H,27,33)(H,28,34)(H,31,32)(H,36,37). The maximum absolute atomic E-state index is 13.6. The van der Waals surface area contributed by atoms with Crippen LogP contribution in [0.4, 0.5) is 0 Å². The summed E-state index contributed by atoms with van der Waals surface area (Å²) < 4.78 is 0. The molecule has 204 valence electrons. The molecular weight excluding hydrogens is 484 g/mol. The second-order valence-electron chi connectivity index (χ2n) is 9.69. The van der Waals surface area contributed by atoms with E-state index in [0.717, 1.165) is 0 Å². The third-order valence-electron chi connectivity index (χ3n) is 6.16. The molecule has 0 radical (unpaired) electrons. The van der Waals surface area contributed by atoms with Gasteiger partial charge < -0.3 is 36.6 Å². The van der Waals surface area contributed by atoms with Gasteiger partial charge in [0.1, 0.15) is 23.9 Å². The topological polar surface area (TPSA) is 199 Å². The lowest BCUT2D eigenvalue weighted by Crippen LogP contribution is -2.57. The monoisotopic (exact) mass is 520 g/mol. The Balaban J connectivity index is 2.21. The van der Waals surface area contributed by atoms with Crippen LogP contribution in [-0.4, -0.2) is 80.6 Å². The van der Waals surface area contributed by atoms with Crippen molar-refractivity contribution in [2.24, 2.45) is 11.7 Å². The minimum atomic E-state index is -1.16. The number of nitrogens with two attached hydrogens (primary N) is 1. The number of nitrogens with one attached hydrogen (secondary N) is 2. The number of rotatable bonds is 13. The first kappa shape index (κ1) is 29.6. The van der Waals surface area contributed by atoms with Gasteiger partial charge >= 0.3 is 11.9 Å². The minimum Gasteiger partial charge on any atom is -0.508 e. The molecule has 2 rings (SSSR count). The lowest BCUT2D eigenvalue weighted by Gasteiger charge is -2.30. The Hall–Kier alpha value is -3.67. The fourth-order valence-corrected chi connectivity index (χ4v) is 4.22. The number of likely N-dealkylation sites (tertiary alicyclic amines) is 1. The van der Waals surface area contributed by atoms with Gasteiger partial charge in [0, 0.05) is 19.4 Å². The number of nitrogens with zero attached hydrogens (tertiary/aromatic N) is 1. The molecule has 1 aliphatic rings. The van der Waals surface area contributed by atoms with E-state index in [2.05, 4.69) is 10.6 Å². The highest BCUT2D eigenvalue weighted by molar-refractivity contribution is 5.94. The fraction of sp³-hybridized carbons (Fsp3) is 0.560. The molecule has 1 aromatic rings. The van der Waals surface area contributed by atoms with E-state index in [1.807, 2.05) is 13.8 Å². The molecule has 3 amide bonds. The minimum absolute atomic E-state index is 0.0250. The number of carbonyl (C=O) groups is 5. The molecule has 1 aliphatic heterocycles. The average molecular weight is 521 g/mol. The Morgan fingerprint density at radius 2 is 1.70 bits per heavy atom. The van der Waals surface area contributed by atoms with Crippen LogP contribution in [0.1, 0.15) is 51.5 Å². The summed E-state index contributed by atoms with van der Waals surface area (Å²) in [4.78, 5) is 63.0. The van der Waals surface area contributed by atoms with Crippen molar-refractivity contribution in [3.63, 3.8) is 0 Å². The second-order valence-corrected chi connectivity index (χ2v) is 9.69. The summed E-state index contributed by atoms with van der Waals surface area (Å²) in [6.07, 6.45) is 0.679. The highest BCUT2D eigenvalue weighted by Crippen LogP contribution is 2.21. The number of aliphatic carboxylic acids is 2. The summed E-state index contributed by atoms with van der Waals surface area (Å²) in [5.74, 6) is -4.04. The van der Waals surface area contributed by atoms with Gasteiger partial charge in [-0.3, -0.25) is 19.2 Å². The lowest BCUT2D eigenvalue weighted by molar-refractivity contribution is -0.145. The van der Waals surface area contributed by atoms with Crippen molar-refractivity contribution < 1.29 is 39.3 Å². The van der Waals surface area contributed by atoms with Gasteiger partial charge in [-0.25, -0.2) is 4.79 Å². The molecular formula is C25H36N4O8. The van der Waals surface area contributed by atoms with Crippen LogP contribution < -0.4 is 16.4 Å². The summed E-state index contributed by atoms with van der Waals surface area (Å²) in [6.45, 7) is 3.92. The molecule has 1 heterocycles. The predicted molar refractivity (Wildman–Crippen MR) is 132 cm³/mol. The molecule has 37 heavy (non-hydrogen) atoms. The number of benzene rings is 1. The Bertz CT molecular complexity index is 981. The molecule has 0 spiro atoms. The number of hydrogen-bond acceptors (Lipinski definition) is 7. The summed E-state index contributed by atoms with van der Waals surface area (Å²) in [5, 5.41) is 33.0. The Kier molecular flexibility index (Phi) is 10.9. The van der Waals surface area contributed by atoms with Gasteiger partial charge in [-0.05, 0) is 49.3 Å². The number of phenols is 1. The normalized spacial score (nSPS) is 17.6. The van der Waals surface area contributed by atoms with Gasteiger partial charge in [0.2, 0.25) is 17.7 Å². The van der Waals surface area contributed by atoms with Crippen LogP contribution in [0, 0.1) is 5.92 Å². The molecule has 1 fully saturated rings. The SMILES string of the molecule is CC(C)CC(NC(=O)C1CCCN1C(=O)C(Cc1ccc(O)cc1)NC(=O)C(N)CCC(=O)O)C(=O)O. The van der Waals surface area contributed by atoms with E-state index < -0.39 is 53.8 Å². The summed E-state index contributed by atoms with van der Waals surface area (Å²) in [6, 6.07) is 1.77. The molecule has 12 nitrogen and oxygen atoms in total. The van der Waals surface area contributed by atoms with E-state index in [4.69, 9.17) is 10.8 Å². The van der Waals surface area contributed by atoms with Crippen LogP contribution in [0.2, 0.25) is 0 Å².